The van der Waals surface area contributed by atoms with Crippen molar-refractivity contribution in [1.29, 1.82) is 0 Å². The van der Waals surface area contributed by atoms with Gasteiger partial charge >= 0.3 is 0 Å². The standard InChI is InChI=1S/C24H34N4O3/c1-3-18(2)15-25-21(29)16-27-17-28(20-7-5-4-6-8-20)24(23(27)31)11-13-26(14-12-24)22(30)19-9-10-19/h4-8,18-19H,3,9-17H2,1-2H3,(H,25,29)/t18-/m1/s1. The number of likely N-dealkylation sites (tertiary alicyclic amines) is 1. The van der Waals surface area contributed by atoms with Gasteiger partial charge in [-0.2, -0.15) is 0 Å². The van der Waals surface area contributed by atoms with Gasteiger partial charge in [-0.25, -0.2) is 0 Å². The molecule has 3 fully saturated rings. The van der Waals surface area contributed by atoms with E-state index in [1.54, 1.807) is 4.90 Å². The Bertz CT molecular complexity index is 815. The fourth-order valence-electron chi connectivity index (χ4n) is 4.67. The third-order valence-corrected chi connectivity index (χ3v) is 7.09. The van der Waals surface area contributed by atoms with Gasteiger partial charge in [0.2, 0.25) is 11.8 Å². The van der Waals surface area contributed by atoms with E-state index in [9.17, 15) is 14.4 Å². The van der Waals surface area contributed by atoms with Crippen LogP contribution in [-0.2, 0) is 14.4 Å². The van der Waals surface area contributed by atoms with Crippen LogP contribution in [0.15, 0.2) is 30.3 Å². The molecular formula is C24H34N4O3. The van der Waals surface area contributed by atoms with Crippen molar-refractivity contribution in [2.45, 2.75) is 51.5 Å². The number of nitrogens with one attached hydrogen (secondary N) is 1. The highest BCUT2D eigenvalue weighted by Crippen LogP contribution is 2.40. The molecule has 31 heavy (non-hydrogen) atoms. The van der Waals surface area contributed by atoms with Gasteiger partial charge in [0.1, 0.15) is 12.1 Å². The first-order valence-corrected chi connectivity index (χ1v) is 11.6. The number of para-hydroxylation sites is 1. The molecule has 0 aromatic heterocycles. The second-order valence-corrected chi connectivity index (χ2v) is 9.36. The second-order valence-electron chi connectivity index (χ2n) is 9.36. The van der Waals surface area contributed by atoms with Crippen molar-refractivity contribution < 1.29 is 14.4 Å². The summed E-state index contributed by atoms with van der Waals surface area (Å²) in [5.74, 6) is 0.754. The van der Waals surface area contributed by atoms with Crippen molar-refractivity contribution in [3.05, 3.63) is 30.3 Å². The average Bonchev–Trinajstić information content (AvgIpc) is 3.62. The molecule has 1 aromatic carbocycles. The lowest BCUT2D eigenvalue weighted by molar-refractivity contribution is -0.140. The maximum atomic E-state index is 13.6. The van der Waals surface area contributed by atoms with Crippen LogP contribution in [0.4, 0.5) is 5.69 Å². The van der Waals surface area contributed by atoms with Crippen molar-refractivity contribution in [2.24, 2.45) is 11.8 Å². The van der Waals surface area contributed by atoms with Crippen LogP contribution >= 0.6 is 0 Å². The highest BCUT2D eigenvalue weighted by atomic mass is 16.2. The summed E-state index contributed by atoms with van der Waals surface area (Å²) in [5, 5.41) is 2.96. The van der Waals surface area contributed by atoms with Gasteiger partial charge in [0.25, 0.3) is 5.91 Å². The lowest BCUT2D eigenvalue weighted by atomic mass is 9.85. The monoisotopic (exact) mass is 426 g/mol. The van der Waals surface area contributed by atoms with Gasteiger partial charge in [0.05, 0.1) is 6.67 Å². The maximum absolute atomic E-state index is 13.6. The first-order chi connectivity index (χ1) is 14.9. The quantitative estimate of drug-likeness (QED) is 0.726. The lowest BCUT2D eigenvalue weighted by Crippen LogP contribution is -2.57. The molecule has 4 rings (SSSR count). The van der Waals surface area contributed by atoms with E-state index in [1.807, 2.05) is 35.2 Å². The summed E-state index contributed by atoms with van der Waals surface area (Å²) in [7, 11) is 0. The first-order valence-electron chi connectivity index (χ1n) is 11.6. The fourth-order valence-corrected chi connectivity index (χ4v) is 4.67. The molecule has 3 aliphatic rings. The van der Waals surface area contributed by atoms with Crippen molar-refractivity contribution in [3.63, 3.8) is 0 Å². The van der Waals surface area contributed by atoms with E-state index in [0.717, 1.165) is 24.9 Å². The molecule has 1 aliphatic carbocycles. The molecule has 1 atom stereocenters. The van der Waals surface area contributed by atoms with Gasteiger partial charge in [-0.05, 0) is 43.7 Å². The van der Waals surface area contributed by atoms with Crippen LogP contribution < -0.4 is 10.2 Å². The highest BCUT2D eigenvalue weighted by Gasteiger charge is 2.54. The number of hydrogen-bond acceptors (Lipinski definition) is 4. The third-order valence-electron chi connectivity index (χ3n) is 7.09. The van der Waals surface area contributed by atoms with Crippen LogP contribution in [0, 0.1) is 11.8 Å². The van der Waals surface area contributed by atoms with Crippen LogP contribution in [0.3, 0.4) is 0 Å². The molecule has 2 saturated heterocycles. The summed E-state index contributed by atoms with van der Waals surface area (Å²) in [6.45, 7) is 6.49. The second kappa shape index (κ2) is 8.89. The van der Waals surface area contributed by atoms with Crippen molar-refractivity contribution in [3.8, 4) is 0 Å². The zero-order valence-corrected chi connectivity index (χ0v) is 18.7. The van der Waals surface area contributed by atoms with Crippen molar-refractivity contribution in [2.75, 3.05) is 37.7 Å². The minimum atomic E-state index is -0.682. The summed E-state index contributed by atoms with van der Waals surface area (Å²) < 4.78 is 0. The van der Waals surface area contributed by atoms with E-state index < -0.39 is 5.54 Å². The smallest absolute Gasteiger partial charge is 0.250 e. The molecule has 1 aromatic rings. The Morgan fingerprint density at radius 1 is 1.16 bits per heavy atom. The number of amides is 3. The summed E-state index contributed by atoms with van der Waals surface area (Å²) in [5.41, 5.74) is 0.305. The number of rotatable bonds is 7. The summed E-state index contributed by atoms with van der Waals surface area (Å²) in [6.07, 6.45) is 4.20. The predicted molar refractivity (Wildman–Crippen MR) is 119 cm³/mol. The Kier molecular flexibility index (Phi) is 6.21. The molecule has 7 heteroatoms. The van der Waals surface area contributed by atoms with E-state index in [4.69, 9.17) is 0 Å². The molecule has 7 nitrogen and oxygen atoms in total. The van der Waals surface area contributed by atoms with E-state index >= 15 is 0 Å². The van der Waals surface area contributed by atoms with E-state index in [0.29, 0.717) is 45.1 Å². The summed E-state index contributed by atoms with van der Waals surface area (Å²) >= 11 is 0. The number of hydrogen-bond donors (Lipinski definition) is 1. The zero-order valence-electron chi connectivity index (χ0n) is 18.7. The minimum absolute atomic E-state index is 0.00793. The van der Waals surface area contributed by atoms with Crippen LogP contribution in [0.2, 0.25) is 0 Å². The van der Waals surface area contributed by atoms with Crippen LogP contribution in [0.5, 0.6) is 0 Å². The average molecular weight is 427 g/mol. The van der Waals surface area contributed by atoms with Gasteiger partial charge in [-0.3, -0.25) is 14.4 Å². The molecule has 0 bridgehead atoms. The number of carbonyl (C=O) groups excluding carboxylic acids is 3. The van der Waals surface area contributed by atoms with E-state index in [-0.39, 0.29) is 30.2 Å². The van der Waals surface area contributed by atoms with Gasteiger partial charge < -0.3 is 20.0 Å². The Labute approximate surface area is 184 Å². The fraction of sp³-hybridized carbons (Fsp3) is 0.625. The van der Waals surface area contributed by atoms with E-state index in [1.165, 1.54) is 0 Å². The molecule has 2 heterocycles. The first kappa shape index (κ1) is 21.7. The normalized spacial score (nSPS) is 21.5. The maximum Gasteiger partial charge on any atom is 0.250 e. The Morgan fingerprint density at radius 2 is 1.84 bits per heavy atom. The number of piperidine rings is 1. The molecule has 3 amide bonds. The molecular weight excluding hydrogens is 392 g/mol. The van der Waals surface area contributed by atoms with Crippen LogP contribution in [0.1, 0.15) is 46.0 Å². The summed E-state index contributed by atoms with van der Waals surface area (Å²) in [6, 6.07) is 9.94. The molecule has 168 valence electrons. The molecule has 1 saturated carbocycles. The van der Waals surface area contributed by atoms with Gasteiger partial charge in [-0.15, -0.1) is 0 Å². The third kappa shape index (κ3) is 4.41. The summed E-state index contributed by atoms with van der Waals surface area (Å²) in [4.78, 5) is 44.4. The van der Waals surface area contributed by atoms with Crippen molar-refractivity contribution in [1.82, 2.24) is 15.1 Å². The van der Waals surface area contributed by atoms with Crippen LogP contribution in [-0.4, -0.2) is 65.9 Å². The predicted octanol–water partition coefficient (Wildman–Crippen LogP) is 2.23. The SMILES string of the molecule is CC[C@@H](C)CNC(=O)CN1CN(c2ccccc2)C2(CCN(C(=O)C3CC3)CC2)C1=O. The lowest BCUT2D eigenvalue weighted by Gasteiger charge is -2.43. The Hall–Kier alpha value is -2.57. The van der Waals surface area contributed by atoms with Gasteiger partial charge in [-0.1, -0.05) is 38.5 Å². The van der Waals surface area contributed by atoms with Gasteiger partial charge in [0.15, 0.2) is 0 Å². The molecule has 1 N–H and O–H groups in total. The number of carbonyl (C=O) groups is 3. The topological polar surface area (TPSA) is 73.0 Å². The molecule has 0 unspecified atom stereocenters. The Morgan fingerprint density at radius 3 is 2.45 bits per heavy atom. The number of benzene rings is 1. The number of nitrogens with zero attached hydrogens (tertiary/aromatic N) is 3. The highest BCUT2D eigenvalue weighted by molar-refractivity contribution is 5.96. The minimum Gasteiger partial charge on any atom is -0.354 e. The number of anilines is 1. The van der Waals surface area contributed by atoms with Gasteiger partial charge in [0, 0.05) is 31.2 Å². The van der Waals surface area contributed by atoms with Crippen LogP contribution in [0.25, 0.3) is 0 Å². The zero-order chi connectivity index (χ0) is 22.0. The van der Waals surface area contributed by atoms with E-state index in [2.05, 4.69) is 24.1 Å². The Balaban J connectivity index is 1.49. The molecule has 0 radical (unpaired) electrons. The molecule has 1 spiro atoms. The molecule has 2 aliphatic heterocycles. The largest absolute Gasteiger partial charge is 0.354 e. The van der Waals surface area contributed by atoms with Crippen molar-refractivity contribution >= 4 is 23.4 Å².